The molecule has 0 aliphatic carbocycles. The Hall–Kier alpha value is -2.69. The number of carbonyl (C=O) groups is 2. The van der Waals surface area contributed by atoms with Gasteiger partial charge in [-0.3, -0.25) is 14.6 Å². The third-order valence-corrected chi connectivity index (χ3v) is 5.05. The zero-order valence-corrected chi connectivity index (χ0v) is 15.1. The Morgan fingerprint density at radius 3 is 2.46 bits per heavy atom. The average Bonchev–Trinajstić information content (AvgIpc) is 2.72. The van der Waals surface area contributed by atoms with Crippen molar-refractivity contribution in [2.45, 2.75) is 25.7 Å². The van der Waals surface area contributed by atoms with Gasteiger partial charge in [0.1, 0.15) is 5.69 Å². The van der Waals surface area contributed by atoms with Crippen LogP contribution in [0.25, 0.3) is 0 Å². The molecule has 1 fully saturated rings. The van der Waals surface area contributed by atoms with Crippen molar-refractivity contribution in [3.05, 3.63) is 66.0 Å². The lowest BCUT2D eigenvalue weighted by Crippen LogP contribution is -2.43. The molecule has 1 saturated heterocycles. The van der Waals surface area contributed by atoms with Gasteiger partial charge in [0, 0.05) is 25.8 Å². The molecule has 2 aromatic rings. The summed E-state index contributed by atoms with van der Waals surface area (Å²) in [4.78, 5) is 30.8. The van der Waals surface area contributed by atoms with Crippen molar-refractivity contribution >= 4 is 11.8 Å². The molecule has 1 aromatic carbocycles. The van der Waals surface area contributed by atoms with Crippen LogP contribution in [0.15, 0.2) is 54.7 Å². The highest BCUT2D eigenvalue weighted by Crippen LogP contribution is 2.22. The van der Waals surface area contributed by atoms with Gasteiger partial charge in [-0.25, -0.2) is 0 Å². The highest BCUT2D eigenvalue weighted by molar-refractivity contribution is 5.92. The number of hydrogen-bond acceptors (Lipinski definition) is 3. The fraction of sp³-hybridized carbons (Fsp3) is 0.381. The molecule has 3 rings (SSSR count). The number of benzene rings is 1. The molecule has 136 valence electrons. The molecule has 5 nitrogen and oxygen atoms in total. The van der Waals surface area contributed by atoms with E-state index in [4.69, 9.17) is 0 Å². The van der Waals surface area contributed by atoms with Gasteiger partial charge < -0.3 is 10.2 Å². The number of amides is 2. The number of piperidine rings is 1. The summed E-state index contributed by atoms with van der Waals surface area (Å²) >= 11 is 0. The summed E-state index contributed by atoms with van der Waals surface area (Å²) in [6, 6.07) is 15.2. The van der Waals surface area contributed by atoms with Crippen molar-refractivity contribution in [3.63, 3.8) is 0 Å². The van der Waals surface area contributed by atoms with E-state index in [1.807, 2.05) is 42.2 Å². The average molecular weight is 351 g/mol. The first-order valence-corrected chi connectivity index (χ1v) is 9.18. The second-order valence-corrected chi connectivity index (χ2v) is 6.83. The second kappa shape index (κ2) is 8.61. The summed E-state index contributed by atoms with van der Waals surface area (Å²) in [6.07, 6.45) is 3.44. The number of nitrogens with zero attached hydrogens (tertiary/aromatic N) is 2. The molecule has 0 radical (unpaired) electrons. The lowest BCUT2D eigenvalue weighted by molar-refractivity contribution is -0.133. The van der Waals surface area contributed by atoms with E-state index in [-0.39, 0.29) is 17.7 Å². The maximum Gasteiger partial charge on any atom is 0.269 e. The number of aromatic nitrogens is 1. The molecule has 5 heteroatoms. The van der Waals surface area contributed by atoms with Crippen LogP contribution < -0.4 is 5.32 Å². The molecular formula is C21H25N3O2. The van der Waals surface area contributed by atoms with Crippen molar-refractivity contribution in [3.8, 4) is 0 Å². The van der Waals surface area contributed by atoms with Gasteiger partial charge >= 0.3 is 0 Å². The molecule has 0 saturated carbocycles. The highest BCUT2D eigenvalue weighted by Gasteiger charge is 2.26. The summed E-state index contributed by atoms with van der Waals surface area (Å²) in [7, 11) is 0. The van der Waals surface area contributed by atoms with E-state index in [2.05, 4.69) is 10.3 Å². The Balaban J connectivity index is 1.45. The zero-order chi connectivity index (χ0) is 18.4. The molecule has 0 bridgehead atoms. The van der Waals surface area contributed by atoms with Gasteiger partial charge in [0.25, 0.3) is 5.91 Å². The minimum absolute atomic E-state index is 0.114. The van der Waals surface area contributed by atoms with Crippen molar-refractivity contribution in [2.24, 2.45) is 5.92 Å². The predicted octanol–water partition coefficient (Wildman–Crippen LogP) is 2.85. The van der Waals surface area contributed by atoms with Crippen LogP contribution in [0, 0.1) is 5.92 Å². The Bertz CT molecular complexity index is 725. The van der Waals surface area contributed by atoms with Crippen LogP contribution in [0.4, 0.5) is 0 Å². The summed E-state index contributed by atoms with van der Waals surface area (Å²) in [5, 5.41) is 2.96. The van der Waals surface area contributed by atoms with E-state index >= 15 is 0 Å². The van der Waals surface area contributed by atoms with Gasteiger partial charge in [-0.15, -0.1) is 0 Å². The van der Waals surface area contributed by atoms with Crippen LogP contribution >= 0.6 is 0 Å². The summed E-state index contributed by atoms with van der Waals surface area (Å²) < 4.78 is 0. The second-order valence-electron chi connectivity index (χ2n) is 6.83. The number of likely N-dealkylation sites (tertiary alicyclic amines) is 1. The fourth-order valence-electron chi connectivity index (χ4n) is 3.34. The van der Waals surface area contributed by atoms with Crippen LogP contribution in [-0.4, -0.2) is 41.3 Å². The van der Waals surface area contributed by atoms with E-state index in [1.165, 1.54) is 0 Å². The van der Waals surface area contributed by atoms with E-state index in [1.54, 1.807) is 24.4 Å². The first-order valence-electron chi connectivity index (χ1n) is 9.18. The first kappa shape index (κ1) is 18.1. The van der Waals surface area contributed by atoms with Crippen LogP contribution in [0.2, 0.25) is 0 Å². The lowest BCUT2D eigenvalue weighted by Gasteiger charge is -2.33. The normalized spacial score (nSPS) is 16.1. The minimum atomic E-state index is -0.137. The molecule has 2 heterocycles. The Morgan fingerprint density at radius 2 is 1.81 bits per heavy atom. The van der Waals surface area contributed by atoms with Crippen molar-refractivity contribution < 1.29 is 9.59 Å². The van der Waals surface area contributed by atoms with Gasteiger partial charge in [0.05, 0.1) is 5.92 Å². The Morgan fingerprint density at radius 1 is 1.12 bits per heavy atom. The van der Waals surface area contributed by atoms with Crippen molar-refractivity contribution in [2.75, 3.05) is 19.6 Å². The largest absolute Gasteiger partial charge is 0.350 e. The monoisotopic (exact) mass is 351 g/mol. The smallest absolute Gasteiger partial charge is 0.269 e. The summed E-state index contributed by atoms with van der Waals surface area (Å²) in [5.41, 5.74) is 1.50. The highest BCUT2D eigenvalue weighted by atomic mass is 16.2. The molecule has 1 atom stereocenters. The third kappa shape index (κ3) is 4.48. The molecule has 1 aromatic heterocycles. The van der Waals surface area contributed by atoms with Crippen molar-refractivity contribution in [1.82, 2.24) is 15.2 Å². The molecule has 1 aliphatic rings. The molecule has 1 aliphatic heterocycles. The van der Waals surface area contributed by atoms with Crippen molar-refractivity contribution in [1.29, 1.82) is 0 Å². The minimum Gasteiger partial charge on any atom is -0.350 e. The van der Waals surface area contributed by atoms with Gasteiger partial charge in [-0.05, 0) is 43.4 Å². The lowest BCUT2D eigenvalue weighted by atomic mass is 9.94. The van der Waals surface area contributed by atoms with Crippen LogP contribution in [0.3, 0.4) is 0 Å². The quantitative estimate of drug-likeness (QED) is 0.901. The molecule has 0 spiro atoms. The molecule has 1 N–H and O–H groups in total. The van der Waals surface area contributed by atoms with Gasteiger partial charge in [-0.1, -0.05) is 36.4 Å². The summed E-state index contributed by atoms with van der Waals surface area (Å²) in [5.74, 6) is 0.337. The number of nitrogens with one attached hydrogen (secondary N) is 1. The van der Waals surface area contributed by atoms with Gasteiger partial charge in [0.15, 0.2) is 0 Å². The molecular weight excluding hydrogens is 326 g/mol. The predicted molar refractivity (Wildman–Crippen MR) is 101 cm³/mol. The number of carbonyl (C=O) groups excluding carboxylic acids is 2. The van der Waals surface area contributed by atoms with Crippen LogP contribution in [0.1, 0.15) is 41.7 Å². The number of rotatable bonds is 5. The Kier molecular flexibility index (Phi) is 6.00. The van der Waals surface area contributed by atoms with Gasteiger partial charge in [-0.2, -0.15) is 0 Å². The van der Waals surface area contributed by atoms with Gasteiger partial charge in [0.2, 0.25) is 5.91 Å². The molecule has 0 unspecified atom stereocenters. The van der Waals surface area contributed by atoms with E-state index in [0.29, 0.717) is 18.2 Å². The first-order chi connectivity index (χ1) is 12.6. The van der Waals surface area contributed by atoms with E-state index < -0.39 is 0 Å². The summed E-state index contributed by atoms with van der Waals surface area (Å²) in [6.45, 7) is 4.10. The third-order valence-electron chi connectivity index (χ3n) is 5.05. The SMILES string of the molecule is C[C@H](C(=O)N1CCC(CNC(=O)c2ccccn2)CC1)c1ccccc1. The maximum absolute atomic E-state index is 12.7. The zero-order valence-electron chi connectivity index (χ0n) is 15.1. The van der Waals surface area contributed by atoms with Crippen LogP contribution in [0.5, 0.6) is 0 Å². The standard InChI is InChI=1S/C21H25N3O2/c1-16(18-7-3-2-4-8-18)21(26)24-13-10-17(11-14-24)15-23-20(25)19-9-5-6-12-22-19/h2-9,12,16-17H,10-11,13-15H2,1H3,(H,23,25)/t16-/m0/s1. The molecule has 2 amide bonds. The fourth-order valence-corrected chi connectivity index (χ4v) is 3.34. The van der Waals surface area contributed by atoms with E-state index in [0.717, 1.165) is 31.5 Å². The number of pyridine rings is 1. The maximum atomic E-state index is 12.7. The van der Waals surface area contributed by atoms with Crippen LogP contribution in [-0.2, 0) is 4.79 Å². The Labute approximate surface area is 154 Å². The molecule has 26 heavy (non-hydrogen) atoms. The number of hydrogen-bond donors (Lipinski definition) is 1. The topological polar surface area (TPSA) is 62.3 Å². The van der Waals surface area contributed by atoms with E-state index in [9.17, 15) is 9.59 Å².